The molecule has 1 nitrogen and oxygen atoms in total. The fourth-order valence-electron chi connectivity index (χ4n) is 2.14. The Bertz CT molecular complexity index is 423. The van der Waals surface area contributed by atoms with Crippen LogP contribution in [-0.2, 0) is 5.88 Å². The van der Waals surface area contributed by atoms with Crippen molar-refractivity contribution in [3.05, 3.63) is 28.8 Å². The molecule has 0 N–H and O–H groups in total. The third-order valence-electron chi connectivity index (χ3n) is 3.13. The topological polar surface area (TPSA) is 9.23 Å². The first-order valence-corrected chi connectivity index (χ1v) is 6.76. The summed E-state index contributed by atoms with van der Waals surface area (Å²) in [6.45, 7) is 0.287. The van der Waals surface area contributed by atoms with Crippen LogP contribution in [0.5, 0.6) is 5.75 Å². The molecule has 2 rings (SSSR count). The normalized spacial score (nSPS) is 22.1. The lowest BCUT2D eigenvalue weighted by Crippen LogP contribution is -2.14. The number of alkyl halides is 3. The van der Waals surface area contributed by atoms with Gasteiger partial charge in [-0.15, -0.1) is 11.6 Å². The maximum Gasteiger partial charge on any atom is 0.248 e. The second kappa shape index (κ2) is 5.62. The van der Waals surface area contributed by atoms with Gasteiger partial charge in [0.25, 0.3) is 0 Å². The third kappa shape index (κ3) is 3.48. The van der Waals surface area contributed by atoms with Gasteiger partial charge in [-0.3, -0.25) is 0 Å². The lowest BCUT2D eigenvalue weighted by Gasteiger charge is -2.13. The van der Waals surface area contributed by atoms with E-state index in [2.05, 4.69) is 0 Å². The molecule has 0 aromatic heterocycles. The van der Waals surface area contributed by atoms with Gasteiger partial charge in [-0.25, -0.2) is 8.78 Å². The van der Waals surface area contributed by atoms with Crippen molar-refractivity contribution in [3.63, 3.8) is 0 Å². The van der Waals surface area contributed by atoms with Crippen LogP contribution < -0.4 is 4.74 Å². The summed E-state index contributed by atoms with van der Waals surface area (Å²) in [4.78, 5) is 0. The fraction of sp³-hybridized carbons (Fsp3) is 0.538. The first-order chi connectivity index (χ1) is 8.50. The monoisotopic (exact) mass is 294 g/mol. The van der Waals surface area contributed by atoms with Crippen LogP contribution in [0, 0.1) is 5.92 Å². The minimum atomic E-state index is -2.53. The minimum Gasteiger partial charge on any atom is -0.492 e. The number of rotatable bonds is 4. The van der Waals surface area contributed by atoms with Gasteiger partial charge in [-0.05, 0) is 30.0 Å². The molecule has 5 heteroatoms. The molecule has 0 heterocycles. The summed E-state index contributed by atoms with van der Waals surface area (Å²) in [6, 6.07) is 5.28. The summed E-state index contributed by atoms with van der Waals surface area (Å²) in [5.41, 5.74) is 0.904. The molecule has 0 radical (unpaired) electrons. The fourth-order valence-corrected chi connectivity index (χ4v) is 2.56. The van der Waals surface area contributed by atoms with Crippen molar-refractivity contribution >= 4 is 23.2 Å². The average Bonchev–Trinajstić information content (AvgIpc) is 2.67. The van der Waals surface area contributed by atoms with E-state index in [-0.39, 0.29) is 25.4 Å². The maximum absolute atomic E-state index is 13.0. The maximum atomic E-state index is 13.0. The Labute approximate surface area is 115 Å². The molecule has 0 aliphatic heterocycles. The molecule has 1 unspecified atom stereocenters. The molecule has 0 amide bonds. The average molecular weight is 295 g/mol. The summed E-state index contributed by atoms with van der Waals surface area (Å²) in [5.74, 6) is -1.71. The highest BCUT2D eigenvalue weighted by Gasteiger charge is 2.39. The van der Waals surface area contributed by atoms with Gasteiger partial charge in [0.15, 0.2) is 0 Å². The third-order valence-corrected chi connectivity index (χ3v) is 3.73. The van der Waals surface area contributed by atoms with Crippen LogP contribution in [0.3, 0.4) is 0 Å². The second-order valence-corrected chi connectivity index (χ2v) is 5.35. The van der Waals surface area contributed by atoms with Crippen LogP contribution in [0.1, 0.15) is 24.8 Å². The predicted octanol–water partition coefficient (Wildman–Crippen LogP) is 4.89. The quantitative estimate of drug-likeness (QED) is 0.718. The largest absolute Gasteiger partial charge is 0.492 e. The van der Waals surface area contributed by atoms with Gasteiger partial charge in [0.1, 0.15) is 5.75 Å². The number of halogens is 4. The van der Waals surface area contributed by atoms with E-state index in [4.69, 9.17) is 27.9 Å². The van der Waals surface area contributed by atoms with Crippen LogP contribution in [0.25, 0.3) is 0 Å². The molecule has 18 heavy (non-hydrogen) atoms. The Morgan fingerprint density at radius 1 is 1.39 bits per heavy atom. The molecule has 1 aliphatic carbocycles. The molecular formula is C13H14Cl2F2O. The van der Waals surface area contributed by atoms with Crippen LogP contribution in [0.4, 0.5) is 8.78 Å². The van der Waals surface area contributed by atoms with Crippen molar-refractivity contribution in [3.8, 4) is 5.75 Å². The molecule has 100 valence electrons. The van der Waals surface area contributed by atoms with Gasteiger partial charge < -0.3 is 4.74 Å². The predicted molar refractivity (Wildman–Crippen MR) is 68.8 cm³/mol. The standard InChI is InChI=1S/C13H14Cl2F2O/c14-7-9-1-2-12(11(15)5-9)18-8-10-3-4-13(16,17)6-10/h1-2,5,10H,3-4,6-8H2. The Morgan fingerprint density at radius 2 is 2.17 bits per heavy atom. The first kappa shape index (κ1) is 13.9. The molecule has 1 aromatic carbocycles. The highest BCUT2D eigenvalue weighted by atomic mass is 35.5. The van der Waals surface area contributed by atoms with Gasteiger partial charge >= 0.3 is 0 Å². The Kier molecular flexibility index (Phi) is 4.33. The van der Waals surface area contributed by atoms with Crippen LogP contribution in [0.15, 0.2) is 18.2 Å². The molecule has 1 atom stereocenters. The zero-order chi connectivity index (χ0) is 13.2. The molecule has 1 fully saturated rings. The minimum absolute atomic E-state index is 0.0417. The van der Waals surface area contributed by atoms with Crippen molar-refractivity contribution in [2.75, 3.05) is 6.61 Å². The number of hydrogen-bond acceptors (Lipinski definition) is 1. The second-order valence-electron chi connectivity index (χ2n) is 4.67. The van der Waals surface area contributed by atoms with Gasteiger partial charge in [-0.1, -0.05) is 17.7 Å². The SMILES string of the molecule is FC1(F)CCC(COc2ccc(CCl)cc2Cl)C1. The molecule has 0 spiro atoms. The van der Waals surface area contributed by atoms with E-state index in [1.807, 2.05) is 6.07 Å². The summed E-state index contributed by atoms with van der Waals surface area (Å²) in [5, 5.41) is 0.470. The van der Waals surface area contributed by atoms with Gasteiger partial charge in [0, 0.05) is 18.7 Å². The van der Waals surface area contributed by atoms with Crippen molar-refractivity contribution in [1.82, 2.24) is 0 Å². The van der Waals surface area contributed by atoms with Crippen molar-refractivity contribution in [1.29, 1.82) is 0 Å². The Balaban J connectivity index is 1.91. The van der Waals surface area contributed by atoms with Gasteiger partial charge in [0.05, 0.1) is 11.6 Å². The molecule has 0 bridgehead atoms. The zero-order valence-electron chi connectivity index (χ0n) is 9.77. The van der Waals surface area contributed by atoms with E-state index < -0.39 is 5.92 Å². The summed E-state index contributed by atoms with van der Waals surface area (Å²) in [7, 11) is 0. The van der Waals surface area contributed by atoms with Crippen molar-refractivity contribution in [2.45, 2.75) is 31.1 Å². The highest BCUT2D eigenvalue weighted by Crippen LogP contribution is 2.39. The summed E-state index contributed by atoms with van der Waals surface area (Å²) >= 11 is 11.7. The van der Waals surface area contributed by atoms with E-state index >= 15 is 0 Å². The molecule has 1 aromatic rings. The Morgan fingerprint density at radius 3 is 2.72 bits per heavy atom. The lowest BCUT2D eigenvalue weighted by molar-refractivity contribution is 0.00292. The molecule has 0 saturated heterocycles. The number of ether oxygens (including phenoxy) is 1. The number of benzene rings is 1. The highest BCUT2D eigenvalue weighted by molar-refractivity contribution is 6.32. The van der Waals surface area contributed by atoms with Crippen LogP contribution in [-0.4, -0.2) is 12.5 Å². The summed E-state index contributed by atoms with van der Waals surface area (Å²) < 4.78 is 31.5. The van der Waals surface area contributed by atoms with Crippen molar-refractivity contribution < 1.29 is 13.5 Å². The van der Waals surface area contributed by atoms with Gasteiger partial charge in [0.2, 0.25) is 5.92 Å². The molecule has 1 aliphatic rings. The van der Waals surface area contributed by atoms with E-state index in [9.17, 15) is 8.78 Å². The molecular weight excluding hydrogens is 281 g/mol. The lowest BCUT2D eigenvalue weighted by atomic mass is 10.1. The Hall–Kier alpha value is -0.540. The smallest absolute Gasteiger partial charge is 0.248 e. The van der Waals surface area contributed by atoms with Gasteiger partial charge in [-0.2, -0.15) is 0 Å². The first-order valence-electron chi connectivity index (χ1n) is 5.85. The van der Waals surface area contributed by atoms with Crippen LogP contribution >= 0.6 is 23.2 Å². The molecule has 1 saturated carbocycles. The van der Waals surface area contributed by atoms with E-state index in [1.165, 1.54) is 0 Å². The van der Waals surface area contributed by atoms with Crippen LogP contribution in [0.2, 0.25) is 5.02 Å². The van der Waals surface area contributed by atoms with E-state index in [0.29, 0.717) is 23.1 Å². The summed E-state index contributed by atoms with van der Waals surface area (Å²) in [6.07, 6.45) is 0.370. The van der Waals surface area contributed by atoms with E-state index in [0.717, 1.165) is 5.56 Å². The van der Waals surface area contributed by atoms with Crippen molar-refractivity contribution in [2.24, 2.45) is 5.92 Å². The zero-order valence-corrected chi connectivity index (χ0v) is 11.3. The van der Waals surface area contributed by atoms with E-state index in [1.54, 1.807) is 12.1 Å². The number of hydrogen-bond donors (Lipinski definition) is 0.